The molecule has 0 saturated heterocycles. The lowest BCUT2D eigenvalue weighted by Crippen LogP contribution is -2.31. The van der Waals surface area contributed by atoms with Gasteiger partial charge in [0, 0.05) is 26.2 Å². The molecule has 17 heavy (non-hydrogen) atoms. The summed E-state index contributed by atoms with van der Waals surface area (Å²) in [5.41, 5.74) is 6.06. The van der Waals surface area contributed by atoms with E-state index in [1.165, 1.54) is 0 Å². The Morgan fingerprint density at radius 2 is 2.18 bits per heavy atom. The standard InChI is InChI=1S/C10H19N5O2/c1-4-13(7-6-11)10-9(15(16)17)8(3)12-14(10)5-2/h4-7,11H2,1-3H3. The Bertz CT molecular complexity index is 402. The molecule has 0 saturated carbocycles. The number of anilines is 1. The van der Waals surface area contributed by atoms with Crippen molar-refractivity contribution in [2.75, 3.05) is 24.5 Å². The van der Waals surface area contributed by atoms with E-state index in [0.717, 1.165) is 0 Å². The van der Waals surface area contributed by atoms with Crippen LogP contribution in [-0.2, 0) is 6.54 Å². The van der Waals surface area contributed by atoms with Gasteiger partial charge in [-0.3, -0.25) is 10.1 Å². The van der Waals surface area contributed by atoms with E-state index in [-0.39, 0.29) is 10.6 Å². The Morgan fingerprint density at radius 1 is 1.53 bits per heavy atom. The Kier molecular flexibility index (Phi) is 4.45. The Hall–Kier alpha value is -1.63. The van der Waals surface area contributed by atoms with Crippen molar-refractivity contribution in [2.45, 2.75) is 27.3 Å². The SMILES string of the molecule is CCN(CCN)c1c([N+](=O)[O-])c(C)nn1CC. The molecule has 7 heteroatoms. The van der Waals surface area contributed by atoms with Crippen LogP contribution in [-0.4, -0.2) is 34.3 Å². The number of nitrogens with two attached hydrogens (primary N) is 1. The van der Waals surface area contributed by atoms with E-state index in [0.29, 0.717) is 37.7 Å². The van der Waals surface area contributed by atoms with Crippen molar-refractivity contribution in [1.82, 2.24) is 9.78 Å². The normalized spacial score (nSPS) is 10.6. The van der Waals surface area contributed by atoms with Crippen molar-refractivity contribution in [2.24, 2.45) is 5.73 Å². The molecule has 0 fully saturated rings. The number of hydrogen-bond donors (Lipinski definition) is 1. The smallest absolute Gasteiger partial charge is 0.333 e. The second kappa shape index (κ2) is 5.62. The van der Waals surface area contributed by atoms with E-state index in [1.807, 2.05) is 18.7 Å². The van der Waals surface area contributed by atoms with Crippen LogP contribution in [0.5, 0.6) is 0 Å². The van der Waals surface area contributed by atoms with Crippen LogP contribution in [0.1, 0.15) is 19.5 Å². The Morgan fingerprint density at radius 3 is 2.59 bits per heavy atom. The first-order chi connectivity index (χ1) is 8.06. The zero-order valence-electron chi connectivity index (χ0n) is 10.5. The van der Waals surface area contributed by atoms with Crippen LogP contribution in [0.15, 0.2) is 0 Å². The number of likely N-dealkylation sites (N-methyl/N-ethyl adjacent to an activating group) is 1. The summed E-state index contributed by atoms with van der Waals surface area (Å²) >= 11 is 0. The van der Waals surface area contributed by atoms with Crippen LogP contribution in [0.4, 0.5) is 11.5 Å². The van der Waals surface area contributed by atoms with Crippen molar-refractivity contribution < 1.29 is 4.92 Å². The van der Waals surface area contributed by atoms with Crippen molar-refractivity contribution >= 4 is 11.5 Å². The van der Waals surface area contributed by atoms with Crippen molar-refractivity contribution in [3.05, 3.63) is 15.8 Å². The molecule has 0 amide bonds. The second-order valence-corrected chi connectivity index (χ2v) is 3.70. The van der Waals surface area contributed by atoms with Gasteiger partial charge in [0.2, 0.25) is 5.82 Å². The highest BCUT2D eigenvalue weighted by atomic mass is 16.6. The van der Waals surface area contributed by atoms with Crippen LogP contribution in [0.2, 0.25) is 0 Å². The Labute approximate surface area is 100 Å². The molecule has 7 nitrogen and oxygen atoms in total. The highest BCUT2D eigenvalue weighted by Crippen LogP contribution is 2.31. The third-order valence-electron chi connectivity index (χ3n) is 2.63. The van der Waals surface area contributed by atoms with Gasteiger partial charge in [0.05, 0.1) is 4.92 Å². The molecule has 1 aromatic heterocycles. The van der Waals surface area contributed by atoms with Gasteiger partial charge >= 0.3 is 5.69 Å². The van der Waals surface area contributed by atoms with Gasteiger partial charge in [0.15, 0.2) is 0 Å². The molecule has 1 heterocycles. The first kappa shape index (κ1) is 13.4. The quantitative estimate of drug-likeness (QED) is 0.590. The largest absolute Gasteiger partial charge is 0.350 e. The fourth-order valence-electron chi connectivity index (χ4n) is 1.88. The van der Waals surface area contributed by atoms with Crippen LogP contribution in [0.3, 0.4) is 0 Å². The molecule has 0 aromatic carbocycles. The fourth-order valence-corrected chi connectivity index (χ4v) is 1.88. The maximum Gasteiger partial charge on any atom is 0.333 e. The minimum Gasteiger partial charge on any atom is -0.350 e. The number of aryl methyl sites for hydroxylation is 2. The molecule has 0 atom stereocenters. The van der Waals surface area contributed by atoms with Crippen molar-refractivity contribution in [1.29, 1.82) is 0 Å². The number of hydrogen-bond acceptors (Lipinski definition) is 5. The van der Waals surface area contributed by atoms with Crippen molar-refractivity contribution in [3.63, 3.8) is 0 Å². The predicted octanol–water partition coefficient (Wildman–Crippen LogP) is 0.905. The predicted molar refractivity (Wildman–Crippen MR) is 66.2 cm³/mol. The minimum atomic E-state index is -0.372. The lowest BCUT2D eigenvalue weighted by atomic mass is 10.3. The number of aromatic nitrogens is 2. The number of nitrogens with zero attached hydrogens (tertiary/aromatic N) is 4. The molecule has 0 bridgehead atoms. The van der Waals surface area contributed by atoms with E-state index < -0.39 is 0 Å². The topological polar surface area (TPSA) is 90.2 Å². The molecule has 2 N–H and O–H groups in total. The summed E-state index contributed by atoms with van der Waals surface area (Å²) in [4.78, 5) is 12.6. The van der Waals surface area contributed by atoms with Crippen LogP contribution in [0.25, 0.3) is 0 Å². The van der Waals surface area contributed by atoms with E-state index in [4.69, 9.17) is 5.73 Å². The molecule has 1 rings (SSSR count). The molecule has 0 spiro atoms. The van der Waals surface area contributed by atoms with Gasteiger partial charge in [-0.2, -0.15) is 5.10 Å². The third-order valence-corrected chi connectivity index (χ3v) is 2.63. The summed E-state index contributed by atoms with van der Waals surface area (Å²) in [5.74, 6) is 0.558. The van der Waals surface area contributed by atoms with Gasteiger partial charge in [-0.25, -0.2) is 4.68 Å². The van der Waals surface area contributed by atoms with Crippen LogP contribution in [0, 0.1) is 17.0 Å². The van der Waals surface area contributed by atoms with Gasteiger partial charge in [0.25, 0.3) is 0 Å². The number of rotatable bonds is 6. The summed E-state index contributed by atoms with van der Waals surface area (Å²) in [6, 6.07) is 0. The highest BCUT2D eigenvalue weighted by molar-refractivity contribution is 5.61. The summed E-state index contributed by atoms with van der Waals surface area (Å²) < 4.78 is 1.66. The summed E-state index contributed by atoms with van der Waals surface area (Å²) in [6.07, 6.45) is 0. The zero-order chi connectivity index (χ0) is 13.0. The molecule has 96 valence electrons. The first-order valence-electron chi connectivity index (χ1n) is 5.73. The van der Waals surface area contributed by atoms with Crippen LogP contribution < -0.4 is 10.6 Å². The first-order valence-corrected chi connectivity index (χ1v) is 5.73. The fraction of sp³-hybridized carbons (Fsp3) is 0.700. The molecule has 0 radical (unpaired) electrons. The maximum absolute atomic E-state index is 11.1. The molecule has 0 aliphatic carbocycles. The van der Waals surface area contributed by atoms with Gasteiger partial charge in [-0.1, -0.05) is 0 Å². The molecule has 0 aliphatic heterocycles. The summed E-state index contributed by atoms with van der Waals surface area (Å²) in [6.45, 7) is 7.83. The van der Waals surface area contributed by atoms with E-state index in [1.54, 1.807) is 11.6 Å². The molecule has 1 aromatic rings. The average molecular weight is 241 g/mol. The van der Waals surface area contributed by atoms with Crippen molar-refractivity contribution in [3.8, 4) is 0 Å². The maximum atomic E-state index is 11.1. The highest BCUT2D eigenvalue weighted by Gasteiger charge is 2.28. The lowest BCUT2D eigenvalue weighted by molar-refractivity contribution is -0.384. The third kappa shape index (κ3) is 2.55. The Balaban J connectivity index is 3.30. The molecular formula is C10H19N5O2. The monoisotopic (exact) mass is 241 g/mol. The van der Waals surface area contributed by atoms with Gasteiger partial charge in [-0.15, -0.1) is 0 Å². The van der Waals surface area contributed by atoms with Crippen LogP contribution >= 0.6 is 0 Å². The van der Waals surface area contributed by atoms with Gasteiger partial charge in [-0.05, 0) is 20.8 Å². The molecular weight excluding hydrogens is 222 g/mol. The lowest BCUT2D eigenvalue weighted by Gasteiger charge is -2.21. The summed E-state index contributed by atoms with van der Waals surface area (Å²) in [5, 5.41) is 15.3. The second-order valence-electron chi connectivity index (χ2n) is 3.70. The minimum absolute atomic E-state index is 0.0853. The zero-order valence-corrected chi connectivity index (χ0v) is 10.5. The summed E-state index contributed by atoms with van der Waals surface area (Å²) in [7, 11) is 0. The van der Waals surface area contributed by atoms with E-state index in [9.17, 15) is 10.1 Å². The average Bonchev–Trinajstić information content (AvgIpc) is 2.62. The van der Waals surface area contributed by atoms with Gasteiger partial charge < -0.3 is 10.6 Å². The molecule has 0 unspecified atom stereocenters. The molecule has 0 aliphatic rings. The van der Waals surface area contributed by atoms with Gasteiger partial charge in [0.1, 0.15) is 5.69 Å². The van der Waals surface area contributed by atoms with E-state index >= 15 is 0 Å². The van der Waals surface area contributed by atoms with E-state index in [2.05, 4.69) is 5.10 Å². The number of nitro groups is 1.